The Hall–Kier alpha value is -1.26. The normalized spacial score (nSPS) is 19.4. The lowest BCUT2D eigenvalue weighted by molar-refractivity contribution is -0.140. The van der Waals surface area contributed by atoms with E-state index >= 15 is 0 Å². The molecule has 0 saturated heterocycles. The van der Waals surface area contributed by atoms with Crippen LogP contribution in [0, 0.1) is 11.8 Å². The van der Waals surface area contributed by atoms with Gasteiger partial charge in [-0.1, -0.05) is 13.3 Å². The van der Waals surface area contributed by atoms with Gasteiger partial charge in [-0.05, 0) is 25.7 Å². The Kier molecular flexibility index (Phi) is 4.58. The highest BCUT2D eigenvalue weighted by Crippen LogP contribution is 2.29. The molecule has 1 saturated carbocycles. The number of nitrogens with one attached hydrogen (secondary N) is 2. The molecule has 0 heterocycles. The molecule has 0 bridgehead atoms. The highest BCUT2D eigenvalue weighted by molar-refractivity contribution is 5.75. The van der Waals surface area contributed by atoms with Crippen molar-refractivity contribution >= 4 is 12.0 Å². The highest BCUT2D eigenvalue weighted by Gasteiger charge is 2.25. The molecular formula is C11H20N2O3. The third-order valence-corrected chi connectivity index (χ3v) is 3.21. The molecule has 0 aromatic carbocycles. The fourth-order valence-electron chi connectivity index (χ4n) is 1.65. The Bertz CT molecular complexity index is 264. The molecule has 3 N–H and O–H groups in total. The molecule has 5 nitrogen and oxygen atoms in total. The quantitative estimate of drug-likeness (QED) is 0.661. The summed E-state index contributed by atoms with van der Waals surface area (Å²) in [7, 11) is 0. The zero-order chi connectivity index (χ0) is 12.1. The van der Waals surface area contributed by atoms with Gasteiger partial charge in [-0.25, -0.2) is 4.79 Å². The second kappa shape index (κ2) is 5.72. The van der Waals surface area contributed by atoms with E-state index < -0.39 is 11.9 Å². The summed E-state index contributed by atoms with van der Waals surface area (Å²) in [6.45, 7) is 3.72. The van der Waals surface area contributed by atoms with Gasteiger partial charge in [0, 0.05) is 12.6 Å². The smallest absolute Gasteiger partial charge is 0.315 e. The van der Waals surface area contributed by atoms with Crippen molar-refractivity contribution in [2.24, 2.45) is 11.8 Å². The lowest BCUT2D eigenvalue weighted by Gasteiger charge is -2.31. The maximum atomic E-state index is 11.4. The lowest BCUT2D eigenvalue weighted by atomic mass is 9.80. The van der Waals surface area contributed by atoms with E-state index in [4.69, 9.17) is 5.11 Å². The molecule has 5 heteroatoms. The van der Waals surface area contributed by atoms with Crippen molar-refractivity contribution in [3.8, 4) is 0 Å². The summed E-state index contributed by atoms with van der Waals surface area (Å²) >= 11 is 0. The molecule has 0 aromatic heterocycles. The van der Waals surface area contributed by atoms with Crippen LogP contribution in [0.1, 0.15) is 33.1 Å². The van der Waals surface area contributed by atoms with Crippen molar-refractivity contribution in [3.63, 3.8) is 0 Å². The Morgan fingerprint density at radius 3 is 2.44 bits per heavy atom. The number of carbonyl (C=O) groups excluding carboxylic acids is 1. The third kappa shape index (κ3) is 3.72. The molecule has 0 aromatic rings. The largest absolute Gasteiger partial charge is 0.481 e. The van der Waals surface area contributed by atoms with E-state index in [0.717, 1.165) is 0 Å². The molecular weight excluding hydrogens is 208 g/mol. The second-order valence-corrected chi connectivity index (χ2v) is 4.57. The van der Waals surface area contributed by atoms with Gasteiger partial charge in [0.2, 0.25) is 0 Å². The Morgan fingerprint density at radius 2 is 2.00 bits per heavy atom. The fourth-order valence-corrected chi connectivity index (χ4v) is 1.65. The van der Waals surface area contributed by atoms with Crippen LogP contribution >= 0.6 is 0 Å². The molecule has 2 unspecified atom stereocenters. The first-order valence-corrected chi connectivity index (χ1v) is 5.78. The summed E-state index contributed by atoms with van der Waals surface area (Å²) in [5.74, 6) is -0.861. The molecule has 0 aliphatic heterocycles. The van der Waals surface area contributed by atoms with Crippen LogP contribution in [0.4, 0.5) is 4.79 Å². The summed E-state index contributed by atoms with van der Waals surface area (Å²) in [6.07, 6.45) is 3.59. The summed E-state index contributed by atoms with van der Waals surface area (Å²) in [5, 5.41) is 14.0. The third-order valence-electron chi connectivity index (χ3n) is 3.21. The zero-order valence-electron chi connectivity index (χ0n) is 9.82. The van der Waals surface area contributed by atoms with Crippen LogP contribution in [0.3, 0.4) is 0 Å². The van der Waals surface area contributed by atoms with Crippen molar-refractivity contribution in [2.75, 3.05) is 6.54 Å². The van der Waals surface area contributed by atoms with E-state index in [1.54, 1.807) is 6.92 Å². The number of aliphatic carboxylic acids is 1. The summed E-state index contributed by atoms with van der Waals surface area (Å²) in [6, 6.07) is -0.0959. The number of urea groups is 1. The Balaban J connectivity index is 2.17. The average Bonchev–Trinajstić information content (AvgIpc) is 2.10. The first-order valence-electron chi connectivity index (χ1n) is 5.78. The van der Waals surface area contributed by atoms with Crippen LogP contribution in [0.2, 0.25) is 0 Å². The van der Waals surface area contributed by atoms with E-state index in [9.17, 15) is 9.59 Å². The molecule has 16 heavy (non-hydrogen) atoms. The highest BCUT2D eigenvalue weighted by atomic mass is 16.4. The van der Waals surface area contributed by atoms with Gasteiger partial charge in [0.1, 0.15) is 0 Å². The van der Waals surface area contributed by atoms with Gasteiger partial charge < -0.3 is 15.7 Å². The molecule has 1 fully saturated rings. The maximum Gasteiger partial charge on any atom is 0.315 e. The predicted octanol–water partition coefficient (Wildman–Crippen LogP) is 1.19. The molecule has 0 radical (unpaired) electrons. The SMILES string of the molecule is CC(CNC(=O)NC(C)C1CCC1)C(=O)O. The van der Waals surface area contributed by atoms with Crippen LogP contribution in [-0.4, -0.2) is 29.7 Å². The summed E-state index contributed by atoms with van der Waals surface area (Å²) in [5.41, 5.74) is 0. The number of carbonyl (C=O) groups is 2. The molecule has 1 aliphatic rings. The van der Waals surface area contributed by atoms with Gasteiger partial charge >= 0.3 is 12.0 Å². The lowest BCUT2D eigenvalue weighted by Crippen LogP contribution is -2.47. The number of rotatable bonds is 5. The predicted molar refractivity (Wildman–Crippen MR) is 60.1 cm³/mol. The molecule has 1 rings (SSSR count). The Morgan fingerprint density at radius 1 is 1.38 bits per heavy atom. The minimum absolute atomic E-state index is 0.165. The number of carboxylic acid groups (broad SMARTS) is 1. The van der Waals surface area contributed by atoms with Gasteiger partial charge in [-0.2, -0.15) is 0 Å². The zero-order valence-corrected chi connectivity index (χ0v) is 9.82. The van der Waals surface area contributed by atoms with Crippen molar-refractivity contribution in [1.82, 2.24) is 10.6 Å². The van der Waals surface area contributed by atoms with Gasteiger partial charge in [-0.15, -0.1) is 0 Å². The summed E-state index contributed by atoms with van der Waals surface area (Å²) < 4.78 is 0. The fraction of sp³-hybridized carbons (Fsp3) is 0.818. The first kappa shape index (κ1) is 12.8. The molecule has 2 atom stereocenters. The molecule has 0 spiro atoms. The van der Waals surface area contributed by atoms with Crippen molar-refractivity contribution < 1.29 is 14.7 Å². The molecule has 1 aliphatic carbocycles. The van der Waals surface area contributed by atoms with Crippen LogP contribution in [0.25, 0.3) is 0 Å². The first-order chi connectivity index (χ1) is 7.50. The Labute approximate surface area is 95.6 Å². The van der Waals surface area contributed by atoms with E-state index in [1.807, 2.05) is 6.92 Å². The van der Waals surface area contributed by atoms with E-state index in [-0.39, 0.29) is 18.6 Å². The standard InChI is InChI=1S/C11H20N2O3/c1-7(10(14)15)6-12-11(16)13-8(2)9-4-3-5-9/h7-9H,3-6H2,1-2H3,(H,14,15)(H2,12,13,16). The maximum absolute atomic E-state index is 11.4. The van der Waals surface area contributed by atoms with Gasteiger partial charge in [-0.3, -0.25) is 4.79 Å². The number of carboxylic acids is 1. The van der Waals surface area contributed by atoms with Crippen molar-refractivity contribution in [2.45, 2.75) is 39.2 Å². The number of amides is 2. The van der Waals surface area contributed by atoms with Crippen molar-refractivity contribution in [1.29, 1.82) is 0 Å². The average molecular weight is 228 g/mol. The van der Waals surface area contributed by atoms with Gasteiger partial charge in [0.25, 0.3) is 0 Å². The minimum atomic E-state index is -0.896. The van der Waals surface area contributed by atoms with Crippen LogP contribution in [-0.2, 0) is 4.79 Å². The van der Waals surface area contributed by atoms with Crippen LogP contribution in [0.5, 0.6) is 0 Å². The summed E-state index contributed by atoms with van der Waals surface area (Å²) in [4.78, 5) is 21.9. The van der Waals surface area contributed by atoms with Crippen LogP contribution in [0.15, 0.2) is 0 Å². The van der Waals surface area contributed by atoms with Gasteiger partial charge in [0.05, 0.1) is 5.92 Å². The minimum Gasteiger partial charge on any atom is -0.481 e. The van der Waals surface area contributed by atoms with E-state index in [0.29, 0.717) is 5.92 Å². The van der Waals surface area contributed by atoms with E-state index in [2.05, 4.69) is 10.6 Å². The van der Waals surface area contributed by atoms with Gasteiger partial charge in [0.15, 0.2) is 0 Å². The number of hydrogen-bond donors (Lipinski definition) is 3. The monoisotopic (exact) mass is 228 g/mol. The topological polar surface area (TPSA) is 78.4 Å². The van der Waals surface area contributed by atoms with Crippen molar-refractivity contribution in [3.05, 3.63) is 0 Å². The molecule has 92 valence electrons. The van der Waals surface area contributed by atoms with Crippen LogP contribution < -0.4 is 10.6 Å². The van der Waals surface area contributed by atoms with E-state index in [1.165, 1.54) is 19.3 Å². The second-order valence-electron chi connectivity index (χ2n) is 4.57. The number of hydrogen-bond acceptors (Lipinski definition) is 2. The molecule has 2 amide bonds.